The van der Waals surface area contributed by atoms with Gasteiger partial charge in [0.1, 0.15) is 5.65 Å². The molecule has 0 aliphatic heterocycles. The molecule has 0 unspecified atom stereocenters. The Morgan fingerprint density at radius 2 is 1.77 bits per heavy atom. The first kappa shape index (κ1) is 18.7. The maximum atomic E-state index is 6.03. The zero-order valence-corrected chi connectivity index (χ0v) is 17.0. The molecule has 0 saturated heterocycles. The van der Waals surface area contributed by atoms with E-state index in [1.807, 2.05) is 37.5 Å². The monoisotopic (exact) mass is 399 g/mol. The Morgan fingerprint density at radius 1 is 0.967 bits per heavy atom. The maximum absolute atomic E-state index is 6.03. The van der Waals surface area contributed by atoms with Crippen molar-refractivity contribution in [3.05, 3.63) is 60.8 Å². The molecule has 1 aliphatic carbocycles. The van der Waals surface area contributed by atoms with Gasteiger partial charge in [-0.15, -0.1) is 0 Å². The smallest absolute Gasteiger partial charge is 0.223 e. The van der Waals surface area contributed by atoms with Gasteiger partial charge in [0.05, 0.1) is 17.6 Å². The fourth-order valence-electron chi connectivity index (χ4n) is 4.09. The van der Waals surface area contributed by atoms with Gasteiger partial charge in [-0.2, -0.15) is 0 Å². The van der Waals surface area contributed by atoms with Crippen LogP contribution in [0.15, 0.2) is 55.2 Å². The number of fused-ring (bicyclic) bond motifs is 1. The number of anilines is 1. The Morgan fingerprint density at radius 3 is 2.57 bits per heavy atom. The van der Waals surface area contributed by atoms with E-state index in [4.69, 9.17) is 10.7 Å². The van der Waals surface area contributed by atoms with Crippen molar-refractivity contribution < 1.29 is 0 Å². The molecule has 0 amide bonds. The van der Waals surface area contributed by atoms with Gasteiger partial charge in [0.25, 0.3) is 0 Å². The third-order valence-electron chi connectivity index (χ3n) is 5.84. The molecular formula is C23H25N7. The molecule has 3 N–H and O–H groups in total. The van der Waals surface area contributed by atoms with Crippen LogP contribution in [0, 0.1) is 6.92 Å². The minimum atomic E-state index is 0.324. The highest BCUT2D eigenvalue weighted by atomic mass is 15.1. The van der Waals surface area contributed by atoms with E-state index < -0.39 is 0 Å². The number of imidazole rings is 1. The first-order valence-corrected chi connectivity index (χ1v) is 10.4. The van der Waals surface area contributed by atoms with Crippen molar-refractivity contribution in [2.45, 2.75) is 44.7 Å². The molecule has 1 aliphatic rings. The quantitative estimate of drug-likeness (QED) is 0.541. The highest BCUT2D eigenvalue weighted by molar-refractivity contribution is 5.69. The number of pyridine rings is 2. The van der Waals surface area contributed by atoms with Crippen LogP contribution < -0.4 is 11.1 Å². The molecule has 0 bridgehead atoms. The molecule has 0 aromatic carbocycles. The van der Waals surface area contributed by atoms with Gasteiger partial charge in [0, 0.05) is 36.9 Å². The Balaban J connectivity index is 1.50. The van der Waals surface area contributed by atoms with Crippen LogP contribution in [-0.2, 0) is 0 Å². The second-order valence-electron chi connectivity index (χ2n) is 8.01. The molecule has 0 radical (unpaired) electrons. The second-order valence-corrected chi connectivity index (χ2v) is 8.01. The molecule has 4 aromatic rings. The van der Waals surface area contributed by atoms with Crippen LogP contribution in [0.3, 0.4) is 0 Å². The Hall–Kier alpha value is -3.32. The van der Waals surface area contributed by atoms with Crippen molar-refractivity contribution in [1.82, 2.24) is 24.3 Å². The third-order valence-corrected chi connectivity index (χ3v) is 5.84. The molecule has 0 spiro atoms. The summed E-state index contributed by atoms with van der Waals surface area (Å²) >= 11 is 0. The van der Waals surface area contributed by atoms with Crippen molar-refractivity contribution >= 4 is 11.6 Å². The molecular weight excluding hydrogens is 374 g/mol. The standard InChI is InChI=1S/C23H25N7/c1-15-12-27-23(28-19-5-3-18(24)4-6-19)29-22(15)20-13-26-21-7-2-17(14-30(20)21)16-8-10-25-11-9-16/h2,7-14,18-19H,3-6,24H2,1H3,(H,27,28,29). The third kappa shape index (κ3) is 3.64. The number of nitrogens with zero attached hydrogens (tertiary/aromatic N) is 5. The van der Waals surface area contributed by atoms with Gasteiger partial charge in [-0.25, -0.2) is 15.0 Å². The Bertz CT molecular complexity index is 1160. The van der Waals surface area contributed by atoms with Gasteiger partial charge in [-0.05, 0) is 73.6 Å². The number of nitrogens with one attached hydrogen (secondary N) is 1. The maximum Gasteiger partial charge on any atom is 0.223 e. The zero-order valence-electron chi connectivity index (χ0n) is 17.0. The lowest BCUT2D eigenvalue weighted by atomic mass is 9.92. The van der Waals surface area contributed by atoms with Gasteiger partial charge in [0.2, 0.25) is 5.95 Å². The predicted molar refractivity (Wildman–Crippen MR) is 118 cm³/mol. The number of aryl methyl sites for hydroxylation is 1. The van der Waals surface area contributed by atoms with E-state index in [1.54, 1.807) is 12.4 Å². The number of hydrogen-bond donors (Lipinski definition) is 2. The molecule has 7 heteroatoms. The van der Waals surface area contributed by atoms with Crippen LogP contribution in [0.25, 0.3) is 28.2 Å². The van der Waals surface area contributed by atoms with Gasteiger partial charge in [-0.3, -0.25) is 9.38 Å². The normalized spacial score (nSPS) is 19.1. The molecule has 1 fully saturated rings. The van der Waals surface area contributed by atoms with Crippen molar-refractivity contribution in [3.8, 4) is 22.5 Å². The summed E-state index contributed by atoms with van der Waals surface area (Å²) in [5.74, 6) is 0.663. The summed E-state index contributed by atoms with van der Waals surface area (Å²) in [5.41, 5.74) is 12.0. The molecule has 30 heavy (non-hydrogen) atoms. The molecule has 1 saturated carbocycles. The van der Waals surface area contributed by atoms with Gasteiger partial charge in [-0.1, -0.05) is 0 Å². The van der Waals surface area contributed by atoms with E-state index in [-0.39, 0.29) is 0 Å². The molecule has 152 valence electrons. The average molecular weight is 400 g/mol. The molecule has 4 aromatic heterocycles. The number of nitrogens with two attached hydrogens (primary N) is 1. The summed E-state index contributed by atoms with van der Waals surface area (Å²) in [4.78, 5) is 18.1. The Kier molecular flexibility index (Phi) is 4.88. The van der Waals surface area contributed by atoms with E-state index in [9.17, 15) is 0 Å². The van der Waals surface area contributed by atoms with Gasteiger partial charge in [0.15, 0.2) is 0 Å². The topological polar surface area (TPSA) is 94.0 Å². The van der Waals surface area contributed by atoms with E-state index in [0.29, 0.717) is 18.0 Å². The molecule has 7 nitrogen and oxygen atoms in total. The first-order chi connectivity index (χ1) is 14.7. The largest absolute Gasteiger partial charge is 0.351 e. The number of rotatable bonds is 4. The van der Waals surface area contributed by atoms with E-state index in [0.717, 1.165) is 59.4 Å². The summed E-state index contributed by atoms with van der Waals surface area (Å²) in [5, 5.41) is 3.50. The van der Waals surface area contributed by atoms with Crippen LogP contribution in [0.2, 0.25) is 0 Å². The molecule has 0 atom stereocenters. The molecule has 5 rings (SSSR count). The summed E-state index contributed by atoms with van der Waals surface area (Å²) in [6, 6.07) is 8.82. The van der Waals surface area contributed by atoms with E-state index >= 15 is 0 Å². The lowest BCUT2D eigenvalue weighted by molar-refractivity contribution is 0.410. The van der Waals surface area contributed by atoms with Gasteiger partial charge < -0.3 is 11.1 Å². The second kappa shape index (κ2) is 7.84. The van der Waals surface area contributed by atoms with Crippen molar-refractivity contribution in [2.75, 3.05) is 5.32 Å². The minimum absolute atomic E-state index is 0.324. The summed E-state index contributed by atoms with van der Waals surface area (Å²) < 4.78 is 2.09. The number of hydrogen-bond acceptors (Lipinski definition) is 6. The van der Waals surface area contributed by atoms with Gasteiger partial charge >= 0.3 is 0 Å². The average Bonchev–Trinajstić information content (AvgIpc) is 3.20. The van der Waals surface area contributed by atoms with Crippen LogP contribution in [0.5, 0.6) is 0 Å². The number of aromatic nitrogens is 5. The van der Waals surface area contributed by atoms with Crippen molar-refractivity contribution in [3.63, 3.8) is 0 Å². The molecule has 4 heterocycles. The predicted octanol–water partition coefficient (Wildman–Crippen LogP) is 3.84. The van der Waals surface area contributed by atoms with Crippen LogP contribution in [0.1, 0.15) is 31.2 Å². The zero-order chi connectivity index (χ0) is 20.5. The van der Waals surface area contributed by atoms with Crippen LogP contribution in [-0.4, -0.2) is 36.4 Å². The SMILES string of the molecule is Cc1cnc(NC2CCC(N)CC2)nc1-c1cnc2ccc(-c3ccncc3)cn12. The fraction of sp³-hybridized carbons (Fsp3) is 0.304. The lowest BCUT2D eigenvalue weighted by Gasteiger charge is -2.26. The Labute approximate surface area is 175 Å². The van der Waals surface area contributed by atoms with E-state index in [2.05, 4.69) is 36.9 Å². The summed E-state index contributed by atoms with van der Waals surface area (Å²) in [6.45, 7) is 2.03. The van der Waals surface area contributed by atoms with E-state index in [1.165, 1.54) is 0 Å². The van der Waals surface area contributed by atoms with Crippen molar-refractivity contribution in [1.29, 1.82) is 0 Å². The van der Waals surface area contributed by atoms with Crippen LogP contribution in [0.4, 0.5) is 5.95 Å². The fourth-order valence-corrected chi connectivity index (χ4v) is 4.09. The van der Waals surface area contributed by atoms with Crippen molar-refractivity contribution in [2.24, 2.45) is 5.73 Å². The highest BCUT2D eigenvalue weighted by Crippen LogP contribution is 2.27. The summed E-state index contributed by atoms with van der Waals surface area (Å²) in [6.07, 6.45) is 13.7. The lowest BCUT2D eigenvalue weighted by Crippen LogP contribution is -2.33. The first-order valence-electron chi connectivity index (χ1n) is 10.4. The summed E-state index contributed by atoms with van der Waals surface area (Å²) in [7, 11) is 0. The highest BCUT2D eigenvalue weighted by Gasteiger charge is 2.20. The van der Waals surface area contributed by atoms with Crippen LogP contribution >= 0.6 is 0 Å². The minimum Gasteiger partial charge on any atom is -0.351 e.